The summed E-state index contributed by atoms with van der Waals surface area (Å²) >= 11 is 0. The number of esters is 3. The number of ether oxygens (including phenoxy) is 3. The minimum atomic E-state index is -0.769. The molecular weight excluding hydrogens is 841 g/mol. The largest absolute Gasteiger partial charge is 0.462 e. The van der Waals surface area contributed by atoms with E-state index in [4.69, 9.17) is 14.2 Å². The molecule has 1 unspecified atom stereocenters. The zero-order chi connectivity index (χ0) is 49.3. The fraction of sp³-hybridized carbons (Fsp3) is 0.726. The van der Waals surface area contributed by atoms with Crippen molar-refractivity contribution >= 4 is 17.9 Å². The number of hydrogen-bond donors (Lipinski definition) is 0. The van der Waals surface area contributed by atoms with Crippen LogP contribution in [-0.4, -0.2) is 37.2 Å². The van der Waals surface area contributed by atoms with Crippen LogP contribution in [0.1, 0.15) is 271 Å². The first-order valence-corrected chi connectivity index (χ1v) is 28.6. The number of carbonyl (C=O) groups is 3. The molecule has 0 saturated heterocycles. The molecule has 0 bridgehead atoms. The molecular formula is C62H106O6. The lowest BCUT2D eigenvalue weighted by Gasteiger charge is -2.18. The fourth-order valence-corrected chi connectivity index (χ4v) is 7.89. The molecule has 0 aliphatic carbocycles. The molecule has 6 nitrogen and oxygen atoms in total. The number of rotatable bonds is 51. The minimum absolute atomic E-state index is 0.0734. The van der Waals surface area contributed by atoms with Crippen molar-refractivity contribution in [1.29, 1.82) is 0 Å². The third-order valence-electron chi connectivity index (χ3n) is 12.2. The van der Waals surface area contributed by atoms with Crippen molar-refractivity contribution in [1.82, 2.24) is 0 Å². The Morgan fingerprint density at radius 2 is 0.574 bits per heavy atom. The van der Waals surface area contributed by atoms with E-state index < -0.39 is 6.10 Å². The van der Waals surface area contributed by atoms with Crippen molar-refractivity contribution in [3.63, 3.8) is 0 Å². The van der Waals surface area contributed by atoms with Gasteiger partial charge in [0.1, 0.15) is 13.2 Å². The van der Waals surface area contributed by atoms with Crippen molar-refractivity contribution in [3.05, 3.63) is 85.1 Å². The molecule has 0 aromatic heterocycles. The number of allylic oxidation sites excluding steroid dienone is 14. The summed E-state index contributed by atoms with van der Waals surface area (Å²) in [5.74, 6) is -0.881. The maximum atomic E-state index is 12.7. The van der Waals surface area contributed by atoms with Gasteiger partial charge in [0.25, 0.3) is 0 Å². The molecule has 0 heterocycles. The monoisotopic (exact) mass is 947 g/mol. The van der Waals surface area contributed by atoms with E-state index in [2.05, 4.69) is 106 Å². The summed E-state index contributed by atoms with van der Waals surface area (Å²) in [4.78, 5) is 37.8. The van der Waals surface area contributed by atoms with Crippen molar-refractivity contribution in [2.75, 3.05) is 13.2 Å². The van der Waals surface area contributed by atoms with Crippen LogP contribution >= 0.6 is 0 Å². The zero-order valence-corrected chi connectivity index (χ0v) is 44.6. The Balaban J connectivity index is 4.02. The van der Waals surface area contributed by atoms with E-state index in [0.29, 0.717) is 19.3 Å². The van der Waals surface area contributed by atoms with Crippen LogP contribution in [0.3, 0.4) is 0 Å². The van der Waals surface area contributed by atoms with E-state index in [9.17, 15) is 14.4 Å². The topological polar surface area (TPSA) is 78.9 Å². The second-order valence-electron chi connectivity index (χ2n) is 18.8. The molecule has 6 heteroatoms. The number of hydrogen-bond acceptors (Lipinski definition) is 6. The third kappa shape index (κ3) is 53.5. The molecule has 0 saturated carbocycles. The highest BCUT2D eigenvalue weighted by molar-refractivity contribution is 5.71. The van der Waals surface area contributed by atoms with Crippen molar-refractivity contribution < 1.29 is 28.6 Å². The van der Waals surface area contributed by atoms with Crippen LogP contribution in [0.4, 0.5) is 0 Å². The third-order valence-corrected chi connectivity index (χ3v) is 12.2. The Morgan fingerprint density at radius 1 is 0.309 bits per heavy atom. The SMILES string of the molecule is CC/C=C\C/C=C\C/C=C\C/C=C\C/C=C\C/C=C\C/C=C\CCCCCCCCCCCCCC(=O)OCC(COC(=O)CCCCCCCCC)OC(=O)CCCCCCCCCCCC. The van der Waals surface area contributed by atoms with Crippen LogP contribution in [0.25, 0.3) is 0 Å². The molecule has 0 fully saturated rings. The Kier molecular flexibility index (Phi) is 53.4. The first-order chi connectivity index (χ1) is 33.5. The van der Waals surface area contributed by atoms with Gasteiger partial charge in [-0.2, -0.15) is 0 Å². The molecule has 0 N–H and O–H groups in total. The standard InChI is InChI=1S/C62H106O6/c1-4-7-10-13-16-18-20-21-22-23-24-25-26-27-28-29-30-31-32-33-34-35-36-37-38-39-40-41-42-44-46-49-52-55-61(64)67-58-59(57-66-60(63)54-51-48-45-15-12-9-6-3)68-62(65)56-53-50-47-43-19-17-14-11-8-5-2/h7,10,16,18,21-22,24-25,27-28,30-31,33-34,59H,4-6,8-9,11-15,17,19-20,23,26,29,32,35-58H2,1-3H3/b10-7-,18-16-,22-21-,25-24-,28-27-,31-30-,34-33-. The maximum absolute atomic E-state index is 12.7. The van der Waals surface area contributed by atoms with E-state index in [-0.39, 0.29) is 31.1 Å². The second kappa shape index (κ2) is 56.2. The Labute approximate surface area is 420 Å². The summed E-state index contributed by atoms with van der Waals surface area (Å²) in [6.45, 7) is 6.47. The van der Waals surface area contributed by atoms with Crippen LogP contribution in [0.15, 0.2) is 85.1 Å². The summed E-state index contributed by atoms with van der Waals surface area (Å²) in [5, 5.41) is 0. The van der Waals surface area contributed by atoms with E-state index >= 15 is 0 Å². The molecule has 0 aliphatic rings. The minimum Gasteiger partial charge on any atom is -0.462 e. The predicted octanol–water partition coefficient (Wildman–Crippen LogP) is 19.2. The Hall–Kier alpha value is -3.41. The van der Waals surface area contributed by atoms with E-state index in [1.54, 1.807) is 0 Å². The van der Waals surface area contributed by atoms with Gasteiger partial charge in [-0.3, -0.25) is 14.4 Å². The predicted molar refractivity (Wildman–Crippen MR) is 293 cm³/mol. The molecule has 0 aromatic carbocycles. The van der Waals surface area contributed by atoms with Crippen molar-refractivity contribution in [3.8, 4) is 0 Å². The molecule has 0 radical (unpaired) electrons. The quantitative estimate of drug-likeness (QED) is 0.0262. The van der Waals surface area contributed by atoms with E-state index in [1.807, 2.05) is 0 Å². The van der Waals surface area contributed by atoms with E-state index in [1.165, 1.54) is 128 Å². The lowest BCUT2D eigenvalue weighted by Crippen LogP contribution is -2.30. The summed E-state index contributed by atoms with van der Waals surface area (Å²) in [6.07, 6.45) is 73.3. The molecule has 0 amide bonds. The highest BCUT2D eigenvalue weighted by Gasteiger charge is 2.19. The van der Waals surface area contributed by atoms with Gasteiger partial charge in [0.05, 0.1) is 0 Å². The van der Waals surface area contributed by atoms with Crippen molar-refractivity contribution in [2.45, 2.75) is 277 Å². The summed E-state index contributed by atoms with van der Waals surface area (Å²) in [5.41, 5.74) is 0. The Morgan fingerprint density at radius 3 is 0.897 bits per heavy atom. The molecule has 0 spiro atoms. The maximum Gasteiger partial charge on any atom is 0.306 e. The number of carbonyl (C=O) groups excluding carboxylic acids is 3. The molecule has 1 atom stereocenters. The van der Waals surface area contributed by atoms with Crippen LogP contribution < -0.4 is 0 Å². The Bertz CT molecular complexity index is 1320. The van der Waals surface area contributed by atoms with Gasteiger partial charge in [-0.25, -0.2) is 0 Å². The average Bonchev–Trinajstić information content (AvgIpc) is 3.34. The van der Waals surface area contributed by atoms with Gasteiger partial charge in [-0.15, -0.1) is 0 Å². The van der Waals surface area contributed by atoms with Gasteiger partial charge < -0.3 is 14.2 Å². The highest BCUT2D eigenvalue weighted by Crippen LogP contribution is 2.15. The van der Waals surface area contributed by atoms with Gasteiger partial charge in [0, 0.05) is 19.3 Å². The second-order valence-corrected chi connectivity index (χ2v) is 18.8. The van der Waals surface area contributed by atoms with Gasteiger partial charge in [0.2, 0.25) is 0 Å². The molecule has 0 aromatic rings. The number of unbranched alkanes of at least 4 members (excludes halogenated alkanes) is 26. The average molecular weight is 948 g/mol. The van der Waals surface area contributed by atoms with Gasteiger partial charge in [0.15, 0.2) is 6.10 Å². The summed E-state index contributed by atoms with van der Waals surface area (Å²) in [7, 11) is 0. The van der Waals surface area contributed by atoms with Crippen LogP contribution in [0, 0.1) is 0 Å². The van der Waals surface area contributed by atoms with Gasteiger partial charge in [-0.1, -0.05) is 260 Å². The van der Waals surface area contributed by atoms with E-state index in [0.717, 1.165) is 103 Å². The van der Waals surface area contributed by atoms with Crippen LogP contribution in [0.5, 0.6) is 0 Å². The fourth-order valence-electron chi connectivity index (χ4n) is 7.89. The summed E-state index contributed by atoms with van der Waals surface area (Å²) < 4.78 is 16.7. The summed E-state index contributed by atoms with van der Waals surface area (Å²) in [6, 6.07) is 0. The zero-order valence-electron chi connectivity index (χ0n) is 44.6. The molecule has 0 rings (SSSR count). The lowest BCUT2D eigenvalue weighted by molar-refractivity contribution is -0.167. The first kappa shape index (κ1) is 64.6. The van der Waals surface area contributed by atoms with Crippen LogP contribution in [-0.2, 0) is 28.6 Å². The molecule has 0 aliphatic heterocycles. The lowest BCUT2D eigenvalue weighted by atomic mass is 10.0. The first-order valence-electron chi connectivity index (χ1n) is 28.6. The van der Waals surface area contributed by atoms with Gasteiger partial charge in [-0.05, 0) is 77.0 Å². The smallest absolute Gasteiger partial charge is 0.306 e. The highest BCUT2D eigenvalue weighted by atomic mass is 16.6. The molecule has 68 heavy (non-hydrogen) atoms. The van der Waals surface area contributed by atoms with Gasteiger partial charge >= 0.3 is 17.9 Å². The normalized spacial score (nSPS) is 12.7. The molecule has 390 valence electrons. The van der Waals surface area contributed by atoms with Crippen molar-refractivity contribution in [2.24, 2.45) is 0 Å². The van der Waals surface area contributed by atoms with Crippen LogP contribution in [0.2, 0.25) is 0 Å².